The van der Waals surface area contributed by atoms with Crippen molar-refractivity contribution in [2.45, 2.75) is 45.8 Å². The van der Waals surface area contributed by atoms with E-state index in [-0.39, 0.29) is 23.8 Å². The second-order valence-electron chi connectivity index (χ2n) is 5.83. The van der Waals surface area contributed by atoms with Crippen molar-refractivity contribution in [3.05, 3.63) is 0 Å². The summed E-state index contributed by atoms with van der Waals surface area (Å²) in [4.78, 5) is 10.7. The molecule has 1 saturated heterocycles. The van der Waals surface area contributed by atoms with Crippen molar-refractivity contribution in [1.82, 2.24) is 4.72 Å². The van der Waals surface area contributed by atoms with Gasteiger partial charge in [-0.05, 0) is 18.3 Å². The summed E-state index contributed by atoms with van der Waals surface area (Å²) in [5.41, 5.74) is -0.314. The Morgan fingerprint density at radius 1 is 1.39 bits per heavy atom. The molecule has 1 aliphatic heterocycles. The highest BCUT2D eigenvalue weighted by Crippen LogP contribution is 2.20. The van der Waals surface area contributed by atoms with Gasteiger partial charge in [-0.3, -0.25) is 0 Å². The van der Waals surface area contributed by atoms with Gasteiger partial charge >= 0.3 is 5.97 Å². The minimum absolute atomic E-state index is 0.0368. The molecule has 6 nitrogen and oxygen atoms in total. The van der Waals surface area contributed by atoms with Crippen LogP contribution in [0.25, 0.3) is 0 Å². The van der Waals surface area contributed by atoms with Crippen molar-refractivity contribution in [1.29, 1.82) is 0 Å². The molecule has 0 bridgehead atoms. The van der Waals surface area contributed by atoms with Crippen LogP contribution < -0.4 is 4.72 Å². The Bertz CT molecular complexity index is 398. The van der Waals surface area contributed by atoms with Gasteiger partial charge in [-0.2, -0.15) is 0 Å². The van der Waals surface area contributed by atoms with E-state index in [1.165, 1.54) is 0 Å². The van der Waals surface area contributed by atoms with Gasteiger partial charge in [-0.1, -0.05) is 20.8 Å². The molecule has 0 saturated carbocycles. The molecule has 1 aliphatic rings. The molecular weight excluding hydrogens is 258 g/mol. The van der Waals surface area contributed by atoms with E-state index < -0.39 is 22.1 Å². The number of carboxylic acid groups (broad SMARTS) is 1. The van der Waals surface area contributed by atoms with Crippen molar-refractivity contribution in [3.8, 4) is 0 Å². The average Bonchev–Trinajstić information content (AvgIpc) is 2.59. The number of nitrogens with one attached hydrogen (secondary N) is 1. The standard InChI is InChI=1S/C11H21NO5S/c1-11(2,3)7-18(15,16)12-6-8-4-5-9(17-8)10(13)14/h8-9,12H,4-7H2,1-3H3,(H,13,14). The molecule has 0 amide bonds. The van der Waals surface area contributed by atoms with Gasteiger partial charge in [-0.25, -0.2) is 17.9 Å². The zero-order chi connectivity index (χ0) is 14.0. The van der Waals surface area contributed by atoms with Gasteiger partial charge in [-0.15, -0.1) is 0 Å². The Balaban J connectivity index is 2.40. The molecule has 0 spiro atoms. The zero-order valence-corrected chi connectivity index (χ0v) is 11.8. The second-order valence-corrected chi connectivity index (χ2v) is 7.64. The highest BCUT2D eigenvalue weighted by atomic mass is 32.2. The fourth-order valence-corrected chi connectivity index (χ4v) is 3.56. The van der Waals surface area contributed by atoms with E-state index in [2.05, 4.69) is 4.72 Å². The lowest BCUT2D eigenvalue weighted by atomic mass is 10.0. The lowest BCUT2D eigenvalue weighted by molar-refractivity contribution is -0.149. The molecule has 1 rings (SSSR count). The van der Waals surface area contributed by atoms with Gasteiger partial charge in [0.2, 0.25) is 10.0 Å². The van der Waals surface area contributed by atoms with E-state index in [0.29, 0.717) is 12.8 Å². The van der Waals surface area contributed by atoms with E-state index in [1.807, 2.05) is 20.8 Å². The molecule has 0 aromatic heterocycles. The minimum Gasteiger partial charge on any atom is -0.479 e. The number of sulfonamides is 1. The summed E-state index contributed by atoms with van der Waals surface area (Å²) in [5.74, 6) is -0.954. The van der Waals surface area contributed by atoms with Crippen LogP contribution in [0.15, 0.2) is 0 Å². The third-order valence-corrected chi connectivity index (χ3v) is 4.39. The van der Waals surface area contributed by atoms with Gasteiger partial charge in [0.05, 0.1) is 11.9 Å². The summed E-state index contributed by atoms with van der Waals surface area (Å²) in [7, 11) is -3.34. The average molecular weight is 279 g/mol. The summed E-state index contributed by atoms with van der Waals surface area (Å²) < 4.78 is 31.2. The molecule has 2 atom stereocenters. The molecule has 0 radical (unpaired) electrons. The first-order chi connectivity index (χ1) is 8.09. The quantitative estimate of drug-likeness (QED) is 0.768. The lowest BCUT2D eigenvalue weighted by Crippen LogP contribution is -2.37. The summed E-state index contributed by atoms with van der Waals surface area (Å²) >= 11 is 0. The minimum atomic E-state index is -3.34. The van der Waals surface area contributed by atoms with E-state index in [4.69, 9.17) is 9.84 Å². The number of hydrogen-bond acceptors (Lipinski definition) is 4. The third kappa shape index (κ3) is 5.32. The Labute approximate surface area is 108 Å². The van der Waals surface area contributed by atoms with E-state index in [0.717, 1.165) is 0 Å². The number of carbonyl (C=O) groups is 1. The maximum atomic E-state index is 11.7. The van der Waals surface area contributed by atoms with E-state index in [9.17, 15) is 13.2 Å². The summed E-state index contributed by atoms with van der Waals surface area (Å²) in [5, 5.41) is 8.75. The largest absolute Gasteiger partial charge is 0.479 e. The van der Waals surface area contributed by atoms with Crippen molar-refractivity contribution < 1.29 is 23.1 Å². The van der Waals surface area contributed by atoms with Crippen LogP contribution in [0, 0.1) is 5.41 Å². The Hall–Kier alpha value is -0.660. The fraction of sp³-hybridized carbons (Fsp3) is 0.909. The van der Waals surface area contributed by atoms with Crippen LogP contribution in [-0.2, 0) is 19.6 Å². The first-order valence-corrected chi connectivity index (χ1v) is 7.60. The lowest BCUT2D eigenvalue weighted by Gasteiger charge is -2.19. The van der Waals surface area contributed by atoms with Crippen LogP contribution in [0.5, 0.6) is 0 Å². The van der Waals surface area contributed by atoms with Crippen LogP contribution in [0.3, 0.4) is 0 Å². The van der Waals surface area contributed by atoms with Crippen molar-refractivity contribution in [3.63, 3.8) is 0 Å². The Morgan fingerprint density at radius 2 is 2.00 bits per heavy atom. The van der Waals surface area contributed by atoms with Crippen molar-refractivity contribution >= 4 is 16.0 Å². The number of rotatable bonds is 5. The van der Waals surface area contributed by atoms with Crippen LogP contribution >= 0.6 is 0 Å². The number of hydrogen-bond donors (Lipinski definition) is 2. The highest BCUT2D eigenvalue weighted by molar-refractivity contribution is 7.89. The number of carboxylic acids is 1. The molecule has 0 aromatic carbocycles. The summed E-state index contributed by atoms with van der Waals surface area (Å²) in [6.45, 7) is 5.68. The molecule has 18 heavy (non-hydrogen) atoms. The van der Waals surface area contributed by atoms with Crippen LogP contribution in [-0.4, -0.2) is 44.0 Å². The van der Waals surface area contributed by atoms with Gasteiger partial charge in [0.1, 0.15) is 0 Å². The smallest absolute Gasteiger partial charge is 0.332 e. The molecule has 1 heterocycles. The SMILES string of the molecule is CC(C)(C)CS(=O)(=O)NCC1CCC(C(=O)O)O1. The van der Waals surface area contributed by atoms with Crippen molar-refractivity contribution in [2.24, 2.45) is 5.41 Å². The van der Waals surface area contributed by atoms with E-state index >= 15 is 0 Å². The van der Waals surface area contributed by atoms with Gasteiger partial charge < -0.3 is 9.84 Å². The molecule has 0 aromatic rings. The van der Waals surface area contributed by atoms with Gasteiger partial charge in [0.15, 0.2) is 6.10 Å². The molecule has 106 valence electrons. The zero-order valence-electron chi connectivity index (χ0n) is 11.0. The summed E-state index contributed by atoms with van der Waals surface area (Å²) in [6.07, 6.45) is -0.154. The first kappa shape index (κ1) is 15.4. The second kappa shape index (κ2) is 5.54. The molecule has 2 N–H and O–H groups in total. The summed E-state index contributed by atoms with van der Waals surface area (Å²) in [6, 6.07) is 0. The fourth-order valence-electron chi connectivity index (χ4n) is 1.88. The first-order valence-electron chi connectivity index (χ1n) is 5.95. The van der Waals surface area contributed by atoms with Crippen LogP contribution in [0.4, 0.5) is 0 Å². The maximum Gasteiger partial charge on any atom is 0.332 e. The van der Waals surface area contributed by atoms with E-state index in [1.54, 1.807) is 0 Å². The molecule has 7 heteroatoms. The highest BCUT2D eigenvalue weighted by Gasteiger charge is 2.31. The molecular formula is C11H21NO5S. The van der Waals surface area contributed by atoms with Crippen molar-refractivity contribution in [2.75, 3.05) is 12.3 Å². The topological polar surface area (TPSA) is 92.7 Å². The number of aliphatic carboxylic acids is 1. The third-order valence-electron chi connectivity index (χ3n) is 2.54. The molecule has 2 unspecified atom stereocenters. The van der Waals surface area contributed by atoms with Crippen LogP contribution in [0.2, 0.25) is 0 Å². The maximum absolute atomic E-state index is 11.7. The number of ether oxygens (including phenoxy) is 1. The van der Waals surface area contributed by atoms with Crippen LogP contribution in [0.1, 0.15) is 33.6 Å². The van der Waals surface area contributed by atoms with Gasteiger partial charge in [0, 0.05) is 6.54 Å². The normalized spacial score (nSPS) is 25.3. The Kier molecular flexibility index (Phi) is 4.74. The predicted molar refractivity (Wildman–Crippen MR) is 66.8 cm³/mol. The Morgan fingerprint density at radius 3 is 2.44 bits per heavy atom. The molecule has 0 aliphatic carbocycles. The predicted octanol–water partition coefficient (Wildman–Crippen LogP) is 0.584. The monoisotopic (exact) mass is 279 g/mol. The molecule has 1 fully saturated rings. The van der Waals surface area contributed by atoms with Gasteiger partial charge in [0.25, 0.3) is 0 Å².